The smallest absolute Gasteiger partial charge is 0.161 e. The lowest BCUT2D eigenvalue weighted by Gasteiger charge is -2.18. The Morgan fingerprint density at radius 3 is 2.57 bits per heavy atom. The predicted molar refractivity (Wildman–Crippen MR) is 86.3 cm³/mol. The van der Waals surface area contributed by atoms with Gasteiger partial charge in [0.05, 0.1) is 14.2 Å². The van der Waals surface area contributed by atoms with Gasteiger partial charge in [-0.05, 0) is 31.0 Å². The summed E-state index contributed by atoms with van der Waals surface area (Å²) >= 11 is 1.73. The van der Waals surface area contributed by atoms with E-state index in [9.17, 15) is 0 Å². The first-order chi connectivity index (χ1) is 10.2. The van der Waals surface area contributed by atoms with Crippen LogP contribution >= 0.6 is 11.3 Å². The van der Waals surface area contributed by atoms with Crippen LogP contribution in [0.3, 0.4) is 0 Å². The molecule has 0 radical (unpaired) electrons. The third-order valence-electron chi connectivity index (χ3n) is 3.39. The van der Waals surface area contributed by atoms with Crippen molar-refractivity contribution in [1.29, 1.82) is 0 Å². The van der Waals surface area contributed by atoms with E-state index in [4.69, 9.17) is 9.47 Å². The third kappa shape index (κ3) is 3.95. The van der Waals surface area contributed by atoms with Crippen molar-refractivity contribution in [1.82, 2.24) is 10.3 Å². The molecule has 0 aliphatic heterocycles. The number of benzene rings is 1. The predicted octanol–water partition coefficient (Wildman–Crippen LogP) is 3.71. The molecule has 0 saturated carbocycles. The van der Waals surface area contributed by atoms with E-state index < -0.39 is 0 Å². The van der Waals surface area contributed by atoms with Gasteiger partial charge in [-0.2, -0.15) is 0 Å². The first kappa shape index (κ1) is 15.8. The number of rotatable bonds is 7. The van der Waals surface area contributed by atoms with Crippen molar-refractivity contribution in [2.24, 2.45) is 0 Å². The molecule has 114 valence electrons. The minimum Gasteiger partial charge on any atom is -0.493 e. The number of ether oxygens (including phenoxy) is 2. The lowest BCUT2D eigenvalue weighted by atomic mass is 10.0. The number of hydrogen-bond acceptors (Lipinski definition) is 5. The van der Waals surface area contributed by atoms with Gasteiger partial charge in [-0.15, -0.1) is 11.3 Å². The average molecular weight is 306 g/mol. The summed E-state index contributed by atoms with van der Waals surface area (Å²) in [6, 6.07) is 6.34. The van der Waals surface area contributed by atoms with Crippen LogP contribution in [0, 0.1) is 6.92 Å². The molecule has 2 aromatic rings. The second kappa shape index (κ2) is 7.43. The van der Waals surface area contributed by atoms with Gasteiger partial charge in [0, 0.05) is 23.7 Å². The fourth-order valence-electron chi connectivity index (χ4n) is 2.26. The first-order valence-corrected chi connectivity index (χ1v) is 7.86. The highest BCUT2D eigenvalue weighted by atomic mass is 32.1. The summed E-state index contributed by atoms with van der Waals surface area (Å²) in [4.78, 5) is 5.63. The molecule has 0 amide bonds. The van der Waals surface area contributed by atoms with Gasteiger partial charge in [0.25, 0.3) is 0 Å². The zero-order chi connectivity index (χ0) is 15.2. The summed E-state index contributed by atoms with van der Waals surface area (Å²) in [5.41, 5.74) is 1.20. The summed E-state index contributed by atoms with van der Waals surface area (Å²) in [5, 5.41) is 4.67. The van der Waals surface area contributed by atoms with E-state index in [1.807, 2.05) is 18.3 Å². The van der Waals surface area contributed by atoms with Crippen LogP contribution in [0.2, 0.25) is 0 Å². The lowest BCUT2D eigenvalue weighted by molar-refractivity contribution is 0.353. The zero-order valence-electron chi connectivity index (χ0n) is 13.0. The molecule has 1 N–H and O–H groups in total. The Kier molecular flexibility index (Phi) is 5.59. The fraction of sp³-hybridized carbons (Fsp3) is 0.438. The molecule has 0 fully saturated rings. The van der Waals surface area contributed by atoms with E-state index >= 15 is 0 Å². The van der Waals surface area contributed by atoms with Crippen molar-refractivity contribution in [3.05, 3.63) is 39.8 Å². The Morgan fingerprint density at radius 1 is 1.24 bits per heavy atom. The molecule has 1 aromatic heterocycles. The molecular weight excluding hydrogens is 284 g/mol. The molecule has 1 unspecified atom stereocenters. The van der Waals surface area contributed by atoms with E-state index in [-0.39, 0.29) is 6.04 Å². The van der Waals surface area contributed by atoms with Crippen LogP contribution < -0.4 is 14.8 Å². The summed E-state index contributed by atoms with van der Waals surface area (Å²) in [7, 11) is 3.31. The summed E-state index contributed by atoms with van der Waals surface area (Å²) in [6.07, 6.45) is 2.92. The highest BCUT2D eigenvalue weighted by molar-refractivity contribution is 7.11. The largest absolute Gasteiger partial charge is 0.493 e. The molecule has 21 heavy (non-hydrogen) atoms. The van der Waals surface area contributed by atoms with Crippen LogP contribution in [-0.4, -0.2) is 19.2 Å². The summed E-state index contributed by atoms with van der Waals surface area (Å²) in [6.45, 7) is 5.03. The number of methoxy groups -OCH3 is 2. The Morgan fingerprint density at radius 2 is 2.00 bits per heavy atom. The topological polar surface area (TPSA) is 43.4 Å². The molecule has 0 bridgehead atoms. The molecule has 0 spiro atoms. The zero-order valence-corrected chi connectivity index (χ0v) is 13.8. The van der Waals surface area contributed by atoms with Crippen molar-refractivity contribution in [2.45, 2.75) is 32.9 Å². The van der Waals surface area contributed by atoms with Crippen LogP contribution in [0.1, 0.15) is 34.8 Å². The molecular formula is C16H22N2O2S. The van der Waals surface area contributed by atoms with E-state index in [0.29, 0.717) is 0 Å². The van der Waals surface area contributed by atoms with Crippen molar-refractivity contribution in [3.8, 4) is 11.5 Å². The Bertz CT molecular complexity index is 583. The lowest BCUT2D eigenvalue weighted by Crippen LogP contribution is -2.20. The summed E-state index contributed by atoms with van der Waals surface area (Å²) < 4.78 is 10.7. The van der Waals surface area contributed by atoms with Crippen LogP contribution in [0.4, 0.5) is 0 Å². The molecule has 4 nitrogen and oxygen atoms in total. The Hall–Kier alpha value is -1.59. The average Bonchev–Trinajstić information content (AvgIpc) is 2.93. The number of aryl methyl sites for hydroxylation is 1. The normalized spacial score (nSPS) is 12.2. The van der Waals surface area contributed by atoms with Gasteiger partial charge in [-0.25, -0.2) is 4.98 Å². The maximum absolute atomic E-state index is 5.37. The van der Waals surface area contributed by atoms with Gasteiger partial charge < -0.3 is 14.8 Å². The highest BCUT2D eigenvalue weighted by Crippen LogP contribution is 2.31. The number of aromatic nitrogens is 1. The van der Waals surface area contributed by atoms with E-state index in [0.717, 1.165) is 29.5 Å². The molecule has 0 aliphatic rings. The van der Waals surface area contributed by atoms with E-state index in [1.54, 1.807) is 25.6 Å². The number of hydrogen-bond donors (Lipinski definition) is 1. The quantitative estimate of drug-likeness (QED) is 0.847. The minimum absolute atomic E-state index is 0.272. The number of nitrogens with one attached hydrogen (secondary N) is 1. The van der Waals surface area contributed by atoms with Crippen LogP contribution in [0.25, 0.3) is 0 Å². The molecule has 5 heteroatoms. The fourth-order valence-corrected chi connectivity index (χ4v) is 3.00. The van der Waals surface area contributed by atoms with Crippen molar-refractivity contribution >= 4 is 11.3 Å². The van der Waals surface area contributed by atoms with Gasteiger partial charge in [-0.1, -0.05) is 13.0 Å². The highest BCUT2D eigenvalue weighted by Gasteiger charge is 2.13. The molecule has 0 aliphatic carbocycles. The molecule has 0 saturated heterocycles. The van der Waals surface area contributed by atoms with Crippen molar-refractivity contribution in [3.63, 3.8) is 0 Å². The molecule has 1 heterocycles. The van der Waals surface area contributed by atoms with Gasteiger partial charge in [-0.3, -0.25) is 0 Å². The summed E-state index contributed by atoms with van der Waals surface area (Å²) in [5.74, 6) is 1.52. The SMILES string of the molecule is CCC(NCc1ncc(C)s1)c1ccc(OC)c(OC)c1. The molecule has 1 aromatic carbocycles. The standard InChI is InChI=1S/C16H22N2O2S/c1-5-13(17-10-16-18-9-11(2)21-16)12-6-7-14(19-3)15(8-12)20-4/h6-9,13,17H,5,10H2,1-4H3. The third-order valence-corrected chi connectivity index (χ3v) is 4.30. The van der Waals surface area contributed by atoms with Gasteiger partial charge in [0.15, 0.2) is 11.5 Å². The van der Waals surface area contributed by atoms with Crippen LogP contribution in [0.5, 0.6) is 11.5 Å². The van der Waals surface area contributed by atoms with Crippen LogP contribution in [-0.2, 0) is 6.54 Å². The van der Waals surface area contributed by atoms with Crippen molar-refractivity contribution < 1.29 is 9.47 Å². The van der Waals surface area contributed by atoms with E-state index in [1.165, 1.54) is 10.4 Å². The van der Waals surface area contributed by atoms with Gasteiger partial charge in [0.2, 0.25) is 0 Å². The Labute approximate surface area is 130 Å². The second-order valence-corrected chi connectivity index (χ2v) is 6.14. The van der Waals surface area contributed by atoms with E-state index in [2.05, 4.69) is 30.2 Å². The molecule has 1 atom stereocenters. The number of thiazole rings is 1. The van der Waals surface area contributed by atoms with Gasteiger partial charge >= 0.3 is 0 Å². The first-order valence-electron chi connectivity index (χ1n) is 7.04. The maximum atomic E-state index is 5.37. The van der Waals surface area contributed by atoms with Crippen LogP contribution in [0.15, 0.2) is 24.4 Å². The Balaban J connectivity index is 2.09. The second-order valence-electron chi connectivity index (χ2n) is 4.82. The monoisotopic (exact) mass is 306 g/mol. The van der Waals surface area contributed by atoms with Crippen molar-refractivity contribution in [2.75, 3.05) is 14.2 Å². The van der Waals surface area contributed by atoms with Gasteiger partial charge in [0.1, 0.15) is 5.01 Å². The maximum Gasteiger partial charge on any atom is 0.161 e. The minimum atomic E-state index is 0.272. The number of nitrogens with zero attached hydrogens (tertiary/aromatic N) is 1. The molecule has 2 rings (SSSR count).